The molecule has 0 radical (unpaired) electrons. The minimum atomic E-state index is -1.19. The van der Waals surface area contributed by atoms with Crippen LogP contribution in [-0.4, -0.2) is 46.1 Å². The Morgan fingerprint density at radius 2 is 2.05 bits per heavy atom. The van der Waals surface area contributed by atoms with Crippen molar-refractivity contribution in [2.24, 2.45) is 0 Å². The third-order valence-corrected chi connectivity index (χ3v) is 3.02. The molecule has 0 bridgehead atoms. The van der Waals surface area contributed by atoms with Gasteiger partial charge in [0.1, 0.15) is 12.8 Å². The molecule has 3 N–H and O–H groups in total. The number of likely N-dealkylation sites (tertiary alicyclic amines) is 1. The molecule has 0 spiro atoms. The van der Waals surface area contributed by atoms with Crippen molar-refractivity contribution in [3.8, 4) is 0 Å². The summed E-state index contributed by atoms with van der Waals surface area (Å²) in [6.07, 6.45) is -3.27. The van der Waals surface area contributed by atoms with Crippen molar-refractivity contribution in [1.29, 1.82) is 0 Å². The minimum absolute atomic E-state index is 0.0149. The van der Waals surface area contributed by atoms with Gasteiger partial charge in [0, 0.05) is 6.42 Å². The molecule has 108 valence electrons. The number of amides is 2. The average molecular weight is 280 g/mol. The van der Waals surface area contributed by atoms with E-state index < -0.39 is 24.5 Å². The van der Waals surface area contributed by atoms with Gasteiger partial charge in [-0.1, -0.05) is 30.3 Å². The third-order valence-electron chi connectivity index (χ3n) is 3.02. The van der Waals surface area contributed by atoms with Gasteiger partial charge in [0.05, 0.1) is 12.6 Å². The van der Waals surface area contributed by atoms with Gasteiger partial charge >= 0.3 is 12.2 Å². The first-order valence-corrected chi connectivity index (χ1v) is 6.21. The third kappa shape index (κ3) is 3.61. The normalized spacial score (nSPS) is 21.6. The molecule has 1 aromatic rings. The fourth-order valence-corrected chi connectivity index (χ4v) is 2.06. The molecule has 1 heterocycles. The number of benzene rings is 1. The zero-order valence-corrected chi connectivity index (χ0v) is 10.7. The molecule has 7 heteroatoms. The quantitative estimate of drug-likeness (QED) is 0.766. The summed E-state index contributed by atoms with van der Waals surface area (Å²) in [5, 5.41) is 20.8. The molecule has 0 aromatic heterocycles. The van der Waals surface area contributed by atoms with Gasteiger partial charge in [0.2, 0.25) is 0 Å². The van der Waals surface area contributed by atoms with Gasteiger partial charge in [0.15, 0.2) is 0 Å². The summed E-state index contributed by atoms with van der Waals surface area (Å²) in [5.74, 6) is 0. The van der Waals surface area contributed by atoms with Crippen LogP contribution < -0.4 is 5.32 Å². The summed E-state index contributed by atoms with van der Waals surface area (Å²) in [5.41, 5.74) is 0.837. The maximum absolute atomic E-state index is 11.6. The molecule has 1 aromatic carbocycles. The van der Waals surface area contributed by atoms with Crippen LogP contribution in [0, 0.1) is 0 Å². The topological polar surface area (TPSA) is 99.1 Å². The molecule has 2 unspecified atom stereocenters. The van der Waals surface area contributed by atoms with E-state index in [0.29, 0.717) is 0 Å². The minimum Gasteiger partial charge on any atom is -0.465 e. The van der Waals surface area contributed by atoms with E-state index in [9.17, 15) is 14.7 Å². The van der Waals surface area contributed by atoms with E-state index >= 15 is 0 Å². The average Bonchev–Trinajstić information content (AvgIpc) is 2.79. The summed E-state index contributed by atoms with van der Waals surface area (Å²) < 4.78 is 5.00. The highest BCUT2D eigenvalue weighted by Gasteiger charge is 2.35. The lowest BCUT2D eigenvalue weighted by Gasteiger charge is -2.21. The predicted octanol–water partition coefficient (Wildman–Crippen LogP) is 0.983. The highest BCUT2D eigenvalue weighted by atomic mass is 16.5. The molecule has 1 fully saturated rings. The van der Waals surface area contributed by atoms with Crippen molar-refractivity contribution in [1.82, 2.24) is 10.2 Å². The molecule has 1 saturated heterocycles. The summed E-state index contributed by atoms with van der Waals surface area (Å²) in [6.45, 7) is 0.0913. The number of ether oxygens (including phenoxy) is 1. The smallest absolute Gasteiger partial charge is 0.409 e. The Bertz CT molecular complexity index is 479. The zero-order valence-electron chi connectivity index (χ0n) is 10.7. The van der Waals surface area contributed by atoms with Gasteiger partial charge in [-0.05, 0) is 5.56 Å². The number of carbonyl (C=O) groups is 2. The first-order valence-electron chi connectivity index (χ1n) is 6.21. The van der Waals surface area contributed by atoms with Crippen molar-refractivity contribution in [3.05, 3.63) is 35.9 Å². The lowest BCUT2D eigenvalue weighted by Crippen LogP contribution is -2.46. The monoisotopic (exact) mass is 280 g/mol. The number of hydrogen-bond donors (Lipinski definition) is 3. The Hall–Kier alpha value is -2.28. The number of aliphatic hydroxyl groups is 1. The van der Waals surface area contributed by atoms with Crippen LogP contribution in [-0.2, 0) is 11.3 Å². The summed E-state index contributed by atoms with van der Waals surface area (Å²) in [7, 11) is 0. The van der Waals surface area contributed by atoms with E-state index in [2.05, 4.69) is 5.32 Å². The molecule has 7 nitrogen and oxygen atoms in total. The van der Waals surface area contributed by atoms with Gasteiger partial charge in [-0.2, -0.15) is 0 Å². The second-order valence-corrected chi connectivity index (χ2v) is 4.55. The van der Waals surface area contributed by atoms with Crippen molar-refractivity contribution < 1.29 is 24.5 Å². The fraction of sp³-hybridized carbons (Fsp3) is 0.385. The van der Waals surface area contributed by atoms with Crippen LogP contribution in [0.15, 0.2) is 30.3 Å². The number of nitrogens with one attached hydrogen (secondary N) is 1. The van der Waals surface area contributed by atoms with Crippen LogP contribution in [0.4, 0.5) is 9.59 Å². The van der Waals surface area contributed by atoms with E-state index in [4.69, 9.17) is 9.84 Å². The molecule has 2 atom stereocenters. The van der Waals surface area contributed by atoms with Gasteiger partial charge in [-0.3, -0.25) is 4.90 Å². The van der Waals surface area contributed by atoms with E-state index in [-0.39, 0.29) is 19.6 Å². The second kappa shape index (κ2) is 6.25. The molecular formula is C13H16N2O5. The number of carboxylic acid groups (broad SMARTS) is 1. The Balaban J connectivity index is 1.83. The maximum Gasteiger partial charge on any atom is 0.409 e. The molecule has 1 aliphatic rings. The second-order valence-electron chi connectivity index (χ2n) is 4.55. The van der Waals surface area contributed by atoms with E-state index in [1.807, 2.05) is 30.3 Å². The van der Waals surface area contributed by atoms with Crippen molar-refractivity contribution in [2.75, 3.05) is 6.54 Å². The number of nitrogens with zero attached hydrogens (tertiary/aromatic N) is 1. The number of β-amino-alcohol motifs (C(OH)–C–C–N with tert-alkyl or cyclic N) is 1. The molecule has 20 heavy (non-hydrogen) atoms. The van der Waals surface area contributed by atoms with Crippen molar-refractivity contribution in [3.63, 3.8) is 0 Å². The Morgan fingerprint density at radius 1 is 1.35 bits per heavy atom. The molecule has 0 aliphatic carbocycles. The van der Waals surface area contributed by atoms with Crippen LogP contribution >= 0.6 is 0 Å². The van der Waals surface area contributed by atoms with Crippen LogP contribution in [0.1, 0.15) is 12.0 Å². The lowest BCUT2D eigenvalue weighted by atomic mass is 10.2. The van der Waals surface area contributed by atoms with Crippen molar-refractivity contribution in [2.45, 2.75) is 25.3 Å². The van der Waals surface area contributed by atoms with Crippen LogP contribution in [0.5, 0.6) is 0 Å². The lowest BCUT2D eigenvalue weighted by molar-refractivity contribution is 0.110. The number of rotatable bonds is 3. The number of aliphatic hydroxyl groups excluding tert-OH is 1. The van der Waals surface area contributed by atoms with Gasteiger partial charge < -0.3 is 20.3 Å². The standard InChI is InChI=1S/C13H16N2O5/c16-10-6-11(15(7-10)13(18)19)14-12(17)20-8-9-4-2-1-3-5-9/h1-5,10-11,16H,6-8H2,(H,14,17)(H,18,19). The van der Waals surface area contributed by atoms with Gasteiger partial charge in [-0.15, -0.1) is 0 Å². The van der Waals surface area contributed by atoms with Crippen LogP contribution in [0.3, 0.4) is 0 Å². The largest absolute Gasteiger partial charge is 0.465 e. The fourth-order valence-electron chi connectivity index (χ4n) is 2.06. The first-order chi connectivity index (χ1) is 9.56. The predicted molar refractivity (Wildman–Crippen MR) is 68.9 cm³/mol. The zero-order chi connectivity index (χ0) is 14.5. The van der Waals surface area contributed by atoms with Crippen LogP contribution in [0.25, 0.3) is 0 Å². The number of carbonyl (C=O) groups excluding carboxylic acids is 1. The number of hydrogen-bond acceptors (Lipinski definition) is 4. The molecule has 1 aliphatic heterocycles. The molecular weight excluding hydrogens is 264 g/mol. The van der Waals surface area contributed by atoms with Gasteiger partial charge in [0.25, 0.3) is 0 Å². The van der Waals surface area contributed by atoms with E-state index in [1.165, 1.54) is 0 Å². The highest BCUT2D eigenvalue weighted by molar-refractivity contribution is 5.70. The Morgan fingerprint density at radius 3 is 2.70 bits per heavy atom. The maximum atomic E-state index is 11.6. The Labute approximate surface area is 115 Å². The van der Waals surface area contributed by atoms with Crippen molar-refractivity contribution >= 4 is 12.2 Å². The SMILES string of the molecule is O=C(NC1CC(O)CN1C(=O)O)OCc1ccccc1. The molecule has 0 saturated carbocycles. The number of alkyl carbamates (subject to hydrolysis) is 1. The Kier molecular flexibility index (Phi) is 4.41. The first kappa shape index (κ1) is 14.1. The molecule has 2 rings (SSSR count). The summed E-state index contributed by atoms with van der Waals surface area (Å²) >= 11 is 0. The molecule has 2 amide bonds. The van der Waals surface area contributed by atoms with Crippen LogP contribution in [0.2, 0.25) is 0 Å². The summed E-state index contributed by atoms with van der Waals surface area (Å²) in [4.78, 5) is 23.5. The summed E-state index contributed by atoms with van der Waals surface area (Å²) in [6, 6.07) is 9.15. The highest BCUT2D eigenvalue weighted by Crippen LogP contribution is 2.16. The van der Waals surface area contributed by atoms with E-state index in [1.54, 1.807) is 0 Å². The van der Waals surface area contributed by atoms with E-state index in [0.717, 1.165) is 10.5 Å². The van der Waals surface area contributed by atoms with Gasteiger partial charge in [-0.25, -0.2) is 9.59 Å².